The molecule has 0 aliphatic carbocycles. The Hall–Kier alpha value is -1.75. The maximum Gasteiger partial charge on any atom is 0.254 e. The molecule has 1 unspecified atom stereocenters. The third-order valence-electron chi connectivity index (χ3n) is 3.52. The molecule has 2 N–H and O–H groups in total. The van der Waals surface area contributed by atoms with Crippen molar-refractivity contribution >= 4 is 17.3 Å². The minimum absolute atomic E-state index is 0.0313. The van der Waals surface area contributed by atoms with E-state index < -0.39 is 0 Å². The van der Waals surface area contributed by atoms with Crippen LogP contribution in [0.3, 0.4) is 0 Å². The maximum atomic E-state index is 12.7. The molecule has 1 rings (SSSR count). The first-order valence-corrected chi connectivity index (χ1v) is 7.30. The Bertz CT molecular complexity index is 485. The molecule has 1 aromatic rings. The molecule has 118 valence electrons. The number of carbonyl (C=O) groups excluding carboxylic acids is 1. The lowest BCUT2D eigenvalue weighted by atomic mass is 10.1. The molecule has 1 atom stereocenters. The van der Waals surface area contributed by atoms with E-state index in [1.165, 1.54) is 0 Å². The Morgan fingerprint density at radius 2 is 1.86 bits per heavy atom. The first-order valence-electron chi connectivity index (χ1n) is 7.30. The number of rotatable bonds is 6. The average Bonchev–Trinajstić information content (AvgIpc) is 2.37. The molecule has 0 radical (unpaired) electrons. The summed E-state index contributed by atoms with van der Waals surface area (Å²) in [5.41, 5.74) is 8.24. The minimum Gasteiger partial charge on any atom is -0.397 e. The van der Waals surface area contributed by atoms with Crippen molar-refractivity contribution in [1.29, 1.82) is 0 Å². The summed E-state index contributed by atoms with van der Waals surface area (Å²) < 4.78 is 0. The predicted octanol–water partition coefficient (Wildman–Crippen LogP) is 1.75. The van der Waals surface area contributed by atoms with Crippen molar-refractivity contribution in [3.63, 3.8) is 0 Å². The van der Waals surface area contributed by atoms with E-state index in [9.17, 15) is 4.79 Å². The second kappa shape index (κ2) is 7.31. The summed E-state index contributed by atoms with van der Waals surface area (Å²) in [6.07, 6.45) is 0. The first-order chi connectivity index (χ1) is 9.77. The number of nitrogen functional groups attached to an aromatic ring is 1. The molecule has 0 spiro atoms. The second-order valence-corrected chi connectivity index (χ2v) is 5.87. The van der Waals surface area contributed by atoms with Gasteiger partial charge in [0.2, 0.25) is 0 Å². The minimum atomic E-state index is 0.0313. The maximum absolute atomic E-state index is 12.7. The molecule has 0 saturated carbocycles. The second-order valence-electron chi connectivity index (χ2n) is 5.87. The number of hydrogen-bond donors (Lipinski definition) is 1. The van der Waals surface area contributed by atoms with Gasteiger partial charge >= 0.3 is 0 Å². The fraction of sp³-hybridized carbons (Fsp3) is 0.562. The Kier molecular flexibility index (Phi) is 6.03. The van der Waals surface area contributed by atoms with E-state index in [1.807, 2.05) is 57.0 Å². The van der Waals surface area contributed by atoms with Gasteiger partial charge in [-0.05, 0) is 46.1 Å². The molecule has 0 fully saturated rings. The van der Waals surface area contributed by atoms with Gasteiger partial charge < -0.3 is 20.4 Å². The number of benzene rings is 1. The lowest BCUT2D eigenvalue weighted by Crippen LogP contribution is -2.43. The van der Waals surface area contributed by atoms with E-state index in [-0.39, 0.29) is 11.9 Å². The van der Waals surface area contributed by atoms with Gasteiger partial charge in [0.25, 0.3) is 5.91 Å². The lowest BCUT2D eigenvalue weighted by molar-refractivity contribution is 0.0679. The van der Waals surface area contributed by atoms with Gasteiger partial charge in [0.1, 0.15) is 0 Å². The molecule has 0 bridgehead atoms. The van der Waals surface area contributed by atoms with Crippen molar-refractivity contribution in [2.45, 2.75) is 19.9 Å². The monoisotopic (exact) mass is 292 g/mol. The van der Waals surface area contributed by atoms with Crippen LogP contribution in [0.5, 0.6) is 0 Å². The van der Waals surface area contributed by atoms with Crippen molar-refractivity contribution in [1.82, 2.24) is 9.80 Å². The van der Waals surface area contributed by atoms with Crippen LogP contribution in [0.4, 0.5) is 11.4 Å². The highest BCUT2D eigenvalue weighted by Gasteiger charge is 2.21. The van der Waals surface area contributed by atoms with Crippen LogP contribution < -0.4 is 10.6 Å². The van der Waals surface area contributed by atoms with E-state index in [1.54, 1.807) is 6.07 Å². The van der Waals surface area contributed by atoms with Crippen LogP contribution >= 0.6 is 0 Å². The molecular weight excluding hydrogens is 264 g/mol. The van der Waals surface area contributed by atoms with E-state index in [2.05, 4.69) is 11.8 Å². The van der Waals surface area contributed by atoms with Crippen molar-refractivity contribution in [2.75, 3.05) is 51.9 Å². The molecule has 5 nitrogen and oxygen atoms in total. The normalized spacial score (nSPS) is 12.3. The Labute approximate surface area is 128 Å². The fourth-order valence-corrected chi connectivity index (χ4v) is 2.54. The summed E-state index contributed by atoms with van der Waals surface area (Å²) in [6, 6.07) is 5.67. The molecule has 0 saturated heterocycles. The fourth-order valence-electron chi connectivity index (χ4n) is 2.54. The first kappa shape index (κ1) is 17.3. The van der Waals surface area contributed by atoms with Crippen LogP contribution in [-0.2, 0) is 0 Å². The number of hydrogen-bond acceptors (Lipinski definition) is 4. The highest BCUT2D eigenvalue weighted by molar-refractivity contribution is 5.96. The van der Waals surface area contributed by atoms with Gasteiger partial charge in [-0.3, -0.25) is 4.79 Å². The van der Waals surface area contributed by atoms with Crippen LogP contribution in [0.1, 0.15) is 24.2 Å². The summed E-state index contributed by atoms with van der Waals surface area (Å²) in [5.74, 6) is 0.0313. The summed E-state index contributed by atoms with van der Waals surface area (Å²) in [7, 11) is 7.90. The van der Waals surface area contributed by atoms with Crippen LogP contribution in [-0.4, -0.2) is 63.0 Å². The van der Waals surface area contributed by atoms with Crippen molar-refractivity contribution in [3.8, 4) is 0 Å². The van der Waals surface area contributed by atoms with Crippen molar-refractivity contribution < 1.29 is 4.79 Å². The summed E-state index contributed by atoms with van der Waals surface area (Å²) in [4.78, 5) is 18.6. The lowest BCUT2D eigenvalue weighted by Gasteiger charge is -2.30. The molecule has 0 aliphatic rings. The molecule has 0 aliphatic heterocycles. The number of nitrogens with two attached hydrogens (primary N) is 1. The van der Waals surface area contributed by atoms with Gasteiger partial charge in [-0.15, -0.1) is 0 Å². The third-order valence-corrected chi connectivity index (χ3v) is 3.52. The van der Waals surface area contributed by atoms with E-state index >= 15 is 0 Å². The Morgan fingerprint density at radius 1 is 1.24 bits per heavy atom. The molecule has 1 amide bonds. The van der Waals surface area contributed by atoms with Gasteiger partial charge in [0.15, 0.2) is 0 Å². The molecule has 21 heavy (non-hydrogen) atoms. The smallest absolute Gasteiger partial charge is 0.254 e. The summed E-state index contributed by atoms with van der Waals surface area (Å²) in [6.45, 7) is 5.59. The number of amides is 1. The van der Waals surface area contributed by atoms with Crippen LogP contribution in [0.15, 0.2) is 18.2 Å². The number of carbonyl (C=O) groups is 1. The van der Waals surface area contributed by atoms with Gasteiger partial charge in [-0.25, -0.2) is 0 Å². The number of anilines is 2. The molecule has 0 heterocycles. The highest BCUT2D eigenvalue weighted by atomic mass is 16.2. The zero-order valence-corrected chi connectivity index (χ0v) is 14.1. The molecule has 5 heteroatoms. The topological polar surface area (TPSA) is 52.8 Å². The number of nitrogens with zero attached hydrogens (tertiary/aromatic N) is 3. The quantitative estimate of drug-likeness (QED) is 0.812. The molecule has 1 aromatic carbocycles. The van der Waals surface area contributed by atoms with Crippen LogP contribution in [0, 0.1) is 0 Å². The van der Waals surface area contributed by atoms with Crippen LogP contribution in [0.25, 0.3) is 0 Å². The Balaban J connectivity index is 2.98. The predicted molar refractivity (Wildman–Crippen MR) is 89.9 cm³/mol. The van der Waals surface area contributed by atoms with Gasteiger partial charge in [0, 0.05) is 38.8 Å². The SMILES string of the molecule is CCN(C(=O)c1ccc(N(C)C)c(N)c1)C(C)CN(C)C. The van der Waals surface area contributed by atoms with E-state index in [0.29, 0.717) is 17.8 Å². The summed E-state index contributed by atoms with van der Waals surface area (Å²) >= 11 is 0. The zero-order chi connectivity index (χ0) is 16.2. The summed E-state index contributed by atoms with van der Waals surface area (Å²) in [5, 5.41) is 0. The van der Waals surface area contributed by atoms with Gasteiger partial charge in [0.05, 0.1) is 11.4 Å². The Morgan fingerprint density at radius 3 is 2.29 bits per heavy atom. The largest absolute Gasteiger partial charge is 0.397 e. The standard InChI is InChI=1S/C16H28N4O/c1-7-20(12(2)11-18(3)4)16(21)13-8-9-15(19(5)6)14(17)10-13/h8-10,12H,7,11,17H2,1-6H3. The van der Waals surface area contributed by atoms with Crippen molar-refractivity contribution in [3.05, 3.63) is 23.8 Å². The zero-order valence-electron chi connectivity index (χ0n) is 14.1. The van der Waals surface area contributed by atoms with E-state index in [4.69, 9.17) is 5.73 Å². The average molecular weight is 292 g/mol. The van der Waals surface area contributed by atoms with Gasteiger partial charge in [-0.1, -0.05) is 0 Å². The van der Waals surface area contributed by atoms with Crippen molar-refractivity contribution in [2.24, 2.45) is 0 Å². The van der Waals surface area contributed by atoms with Gasteiger partial charge in [-0.2, -0.15) is 0 Å². The number of likely N-dealkylation sites (N-methyl/N-ethyl adjacent to an activating group) is 2. The van der Waals surface area contributed by atoms with Crippen LogP contribution in [0.2, 0.25) is 0 Å². The van der Waals surface area contributed by atoms with E-state index in [0.717, 1.165) is 12.2 Å². The third kappa shape index (κ3) is 4.36. The molecule has 0 aromatic heterocycles. The molecular formula is C16H28N4O. The highest BCUT2D eigenvalue weighted by Crippen LogP contribution is 2.23.